The largest absolute Gasteiger partial charge is 0.395 e. The third-order valence-corrected chi connectivity index (χ3v) is 2.32. The van der Waals surface area contributed by atoms with Crippen LogP contribution < -0.4 is 5.73 Å². The maximum absolute atomic E-state index is 13.0. The van der Waals surface area contributed by atoms with Gasteiger partial charge in [-0.3, -0.25) is 4.79 Å². The Balaban J connectivity index is 2.72. The Kier molecular flexibility index (Phi) is 4.19. The van der Waals surface area contributed by atoms with E-state index < -0.39 is 5.82 Å². The second-order valence-corrected chi connectivity index (χ2v) is 3.94. The Morgan fingerprint density at radius 1 is 1.60 bits per heavy atom. The van der Waals surface area contributed by atoms with Gasteiger partial charge in [-0.05, 0) is 12.1 Å². The number of benzene rings is 1. The quantitative estimate of drug-likeness (QED) is 0.585. The maximum Gasteiger partial charge on any atom is 0.186 e. The van der Waals surface area contributed by atoms with Crippen molar-refractivity contribution in [3.8, 4) is 11.8 Å². The topological polar surface area (TPSA) is 43.1 Å². The summed E-state index contributed by atoms with van der Waals surface area (Å²) in [4.78, 5) is 10.6. The SMILES string of the molecule is CC(=O)SCC#Cc1cccc(F)c1N. The van der Waals surface area contributed by atoms with E-state index in [-0.39, 0.29) is 10.8 Å². The Bertz CT molecular complexity index is 434. The van der Waals surface area contributed by atoms with Gasteiger partial charge in [0.05, 0.1) is 17.0 Å². The molecule has 0 aliphatic rings. The second-order valence-electron chi connectivity index (χ2n) is 2.78. The van der Waals surface area contributed by atoms with Gasteiger partial charge in [0.1, 0.15) is 5.82 Å². The predicted octanol–water partition coefficient (Wildman–Crippen LogP) is 2.04. The summed E-state index contributed by atoms with van der Waals surface area (Å²) in [7, 11) is 0. The third-order valence-electron chi connectivity index (χ3n) is 1.62. The zero-order valence-corrected chi connectivity index (χ0v) is 9.03. The number of thioether (sulfide) groups is 1. The van der Waals surface area contributed by atoms with Crippen LogP contribution in [-0.2, 0) is 4.79 Å². The first-order valence-corrected chi connectivity index (χ1v) is 5.26. The fraction of sp³-hybridized carbons (Fsp3) is 0.182. The monoisotopic (exact) mass is 223 g/mol. The van der Waals surface area contributed by atoms with Gasteiger partial charge < -0.3 is 5.73 Å². The smallest absolute Gasteiger partial charge is 0.186 e. The summed E-state index contributed by atoms with van der Waals surface area (Å²) >= 11 is 1.11. The van der Waals surface area contributed by atoms with Crippen LogP contribution in [0.25, 0.3) is 0 Å². The molecule has 0 amide bonds. The highest BCUT2D eigenvalue weighted by atomic mass is 32.2. The highest BCUT2D eigenvalue weighted by Gasteiger charge is 2.00. The van der Waals surface area contributed by atoms with Crippen LogP contribution in [0.4, 0.5) is 10.1 Å². The normalized spacial score (nSPS) is 9.20. The summed E-state index contributed by atoms with van der Waals surface area (Å²) in [6, 6.07) is 4.47. The number of halogens is 1. The van der Waals surface area contributed by atoms with Crippen molar-refractivity contribution in [2.24, 2.45) is 0 Å². The minimum absolute atomic E-state index is 0.0107. The molecular weight excluding hydrogens is 213 g/mol. The predicted molar refractivity (Wildman–Crippen MR) is 60.8 cm³/mol. The van der Waals surface area contributed by atoms with E-state index in [0.29, 0.717) is 11.3 Å². The van der Waals surface area contributed by atoms with Crippen molar-refractivity contribution in [3.05, 3.63) is 29.6 Å². The number of anilines is 1. The van der Waals surface area contributed by atoms with Gasteiger partial charge in [-0.15, -0.1) is 0 Å². The van der Waals surface area contributed by atoms with E-state index in [0.717, 1.165) is 11.8 Å². The fourth-order valence-corrected chi connectivity index (χ4v) is 1.26. The number of carbonyl (C=O) groups is 1. The molecular formula is C11H10FNOS. The maximum atomic E-state index is 13.0. The minimum Gasteiger partial charge on any atom is -0.395 e. The Hall–Kier alpha value is -1.47. The molecule has 0 heterocycles. The molecule has 0 aliphatic heterocycles. The summed E-state index contributed by atoms with van der Waals surface area (Å²) in [5.74, 6) is 5.39. The first-order valence-electron chi connectivity index (χ1n) is 4.27. The van der Waals surface area contributed by atoms with Gasteiger partial charge >= 0.3 is 0 Å². The van der Waals surface area contributed by atoms with Gasteiger partial charge in [-0.25, -0.2) is 4.39 Å². The lowest BCUT2D eigenvalue weighted by molar-refractivity contribution is -0.109. The zero-order valence-electron chi connectivity index (χ0n) is 8.21. The van der Waals surface area contributed by atoms with Crippen LogP contribution in [0.15, 0.2) is 18.2 Å². The van der Waals surface area contributed by atoms with E-state index in [2.05, 4.69) is 11.8 Å². The van der Waals surface area contributed by atoms with Crippen LogP contribution in [0.5, 0.6) is 0 Å². The van der Waals surface area contributed by atoms with Crippen LogP contribution >= 0.6 is 11.8 Å². The average molecular weight is 223 g/mol. The third kappa shape index (κ3) is 3.64. The lowest BCUT2D eigenvalue weighted by Gasteiger charge is -1.97. The van der Waals surface area contributed by atoms with Crippen molar-refractivity contribution in [2.45, 2.75) is 6.92 Å². The van der Waals surface area contributed by atoms with Crippen molar-refractivity contribution in [3.63, 3.8) is 0 Å². The van der Waals surface area contributed by atoms with Gasteiger partial charge in [-0.2, -0.15) is 0 Å². The van der Waals surface area contributed by atoms with E-state index >= 15 is 0 Å². The molecule has 0 fully saturated rings. The number of rotatable bonds is 1. The van der Waals surface area contributed by atoms with E-state index in [1.807, 2.05) is 0 Å². The second kappa shape index (κ2) is 5.42. The van der Waals surface area contributed by atoms with Crippen LogP contribution in [0.1, 0.15) is 12.5 Å². The van der Waals surface area contributed by atoms with Crippen LogP contribution in [0.2, 0.25) is 0 Å². The lowest BCUT2D eigenvalue weighted by Crippen LogP contribution is -1.94. The molecule has 0 saturated heterocycles. The van der Waals surface area contributed by atoms with Gasteiger partial charge in [0.15, 0.2) is 5.12 Å². The molecule has 0 unspecified atom stereocenters. The molecule has 0 radical (unpaired) electrons. The molecule has 0 atom stereocenters. The van der Waals surface area contributed by atoms with Crippen molar-refractivity contribution in [1.82, 2.24) is 0 Å². The molecule has 15 heavy (non-hydrogen) atoms. The van der Waals surface area contributed by atoms with Crippen LogP contribution in [-0.4, -0.2) is 10.9 Å². The highest BCUT2D eigenvalue weighted by molar-refractivity contribution is 8.13. The average Bonchev–Trinajstić information content (AvgIpc) is 2.18. The minimum atomic E-state index is -0.471. The molecule has 1 aromatic carbocycles. The summed E-state index contributed by atoms with van der Waals surface area (Å²) in [6.45, 7) is 1.48. The van der Waals surface area contributed by atoms with Crippen molar-refractivity contribution in [1.29, 1.82) is 0 Å². The van der Waals surface area contributed by atoms with E-state index in [4.69, 9.17) is 5.73 Å². The molecule has 1 rings (SSSR count). The van der Waals surface area contributed by atoms with Crippen molar-refractivity contribution in [2.75, 3.05) is 11.5 Å². The number of para-hydroxylation sites is 1. The number of hydrogen-bond acceptors (Lipinski definition) is 3. The molecule has 0 spiro atoms. The first kappa shape index (κ1) is 11.6. The number of nitrogens with two attached hydrogens (primary N) is 1. The summed E-state index contributed by atoms with van der Waals surface area (Å²) < 4.78 is 13.0. The summed E-state index contributed by atoms with van der Waals surface area (Å²) in [5, 5.41) is 0.0107. The summed E-state index contributed by atoms with van der Waals surface area (Å²) in [6.07, 6.45) is 0. The fourth-order valence-electron chi connectivity index (χ4n) is 0.915. The number of nitrogen functional groups attached to an aromatic ring is 1. The van der Waals surface area contributed by atoms with Crippen molar-refractivity contribution < 1.29 is 9.18 Å². The Morgan fingerprint density at radius 2 is 2.33 bits per heavy atom. The Morgan fingerprint density at radius 3 is 3.00 bits per heavy atom. The number of hydrogen-bond donors (Lipinski definition) is 1. The first-order chi connectivity index (χ1) is 7.11. The standard InChI is InChI=1S/C11H10FNOS/c1-8(14)15-7-3-5-9-4-2-6-10(12)11(9)13/h2,4,6H,7,13H2,1H3. The van der Waals surface area contributed by atoms with E-state index in [9.17, 15) is 9.18 Å². The van der Waals surface area contributed by atoms with E-state index in [1.165, 1.54) is 13.0 Å². The van der Waals surface area contributed by atoms with E-state index in [1.54, 1.807) is 12.1 Å². The molecule has 0 saturated carbocycles. The van der Waals surface area contributed by atoms with Gasteiger partial charge in [-0.1, -0.05) is 29.7 Å². The highest BCUT2D eigenvalue weighted by Crippen LogP contribution is 2.14. The Labute approximate surface area is 92.0 Å². The molecule has 1 aromatic rings. The zero-order chi connectivity index (χ0) is 11.3. The molecule has 2 N–H and O–H groups in total. The van der Waals surface area contributed by atoms with Gasteiger partial charge in [0.2, 0.25) is 0 Å². The summed E-state index contributed by atoms with van der Waals surface area (Å²) in [5.41, 5.74) is 5.98. The van der Waals surface area contributed by atoms with Gasteiger partial charge in [0.25, 0.3) is 0 Å². The number of carbonyl (C=O) groups excluding carboxylic acids is 1. The van der Waals surface area contributed by atoms with Crippen LogP contribution in [0.3, 0.4) is 0 Å². The van der Waals surface area contributed by atoms with Gasteiger partial charge in [0, 0.05) is 6.92 Å². The molecule has 4 heteroatoms. The molecule has 0 bridgehead atoms. The molecule has 2 nitrogen and oxygen atoms in total. The molecule has 0 aromatic heterocycles. The lowest BCUT2D eigenvalue weighted by atomic mass is 10.2. The molecule has 0 aliphatic carbocycles. The van der Waals surface area contributed by atoms with Crippen LogP contribution in [0, 0.1) is 17.7 Å². The molecule has 78 valence electrons. The van der Waals surface area contributed by atoms with Crippen molar-refractivity contribution >= 4 is 22.6 Å².